The van der Waals surface area contributed by atoms with Crippen molar-refractivity contribution >= 4 is 49.5 Å². The minimum absolute atomic E-state index is 0.0590. The molecule has 33 heavy (non-hydrogen) atoms. The van der Waals surface area contributed by atoms with Gasteiger partial charge in [0.2, 0.25) is 5.56 Å². The number of nitrogens with one attached hydrogen (secondary N) is 1. The highest BCUT2D eigenvalue weighted by molar-refractivity contribution is 7.94. The highest BCUT2D eigenvalue weighted by Crippen LogP contribution is 2.26. The van der Waals surface area contributed by atoms with Gasteiger partial charge in [0.1, 0.15) is 9.96 Å². The number of carbonyl (C=O) groups excluding carboxylic acids is 1. The summed E-state index contributed by atoms with van der Waals surface area (Å²) < 4.78 is 25.1. The lowest BCUT2D eigenvalue weighted by molar-refractivity contribution is -0.116. The monoisotopic (exact) mass is 499 g/mol. The van der Waals surface area contributed by atoms with Crippen molar-refractivity contribution in [1.82, 2.24) is 4.98 Å². The fraction of sp³-hybridized carbons (Fsp3) is 0.125. The van der Waals surface area contributed by atoms with E-state index in [1.807, 2.05) is 6.92 Å². The second-order valence-corrected chi connectivity index (χ2v) is 11.6. The Balaban J connectivity index is 1.59. The van der Waals surface area contributed by atoms with E-state index in [1.54, 1.807) is 42.5 Å². The Labute approximate surface area is 198 Å². The minimum atomic E-state index is -3.75. The van der Waals surface area contributed by atoms with Gasteiger partial charge in [-0.15, -0.1) is 11.3 Å². The number of Topliss-reactive ketones (excluding diaryl/α,β-unsaturated/α-hetero) is 1. The van der Waals surface area contributed by atoms with Crippen LogP contribution in [0, 0.1) is 6.92 Å². The van der Waals surface area contributed by atoms with Crippen molar-refractivity contribution in [2.45, 2.75) is 17.6 Å². The van der Waals surface area contributed by atoms with Crippen molar-refractivity contribution in [3.05, 3.63) is 96.7 Å². The molecule has 0 saturated carbocycles. The maximum atomic E-state index is 13.1. The summed E-state index contributed by atoms with van der Waals surface area (Å²) in [5.74, 6) is -1.08. The number of H-pyrrole nitrogens is 1. The number of aryl methyl sites for hydroxylation is 1. The van der Waals surface area contributed by atoms with Gasteiger partial charge in [-0.3, -0.25) is 14.4 Å². The van der Waals surface area contributed by atoms with Crippen molar-refractivity contribution < 1.29 is 13.2 Å². The number of aromatic amines is 1. The number of halogens is 1. The summed E-state index contributed by atoms with van der Waals surface area (Å²) in [4.78, 5) is 40.5. The molecule has 0 saturated heterocycles. The first kappa shape index (κ1) is 23.1. The molecular formula is C24H18ClNO5S2. The average molecular weight is 500 g/mol. The molecule has 0 atom stereocenters. The number of ketones is 1. The smallest absolute Gasteiger partial charge is 0.249 e. The van der Waals surface area contributed by atoms with Gasteiger partial charge in [0, 0.05) is 23.4 Å². The molecule has 0 fully saturated rings. The van der Waals surface area contributed by atoms with Gasteiger partial charge < -0.3 is 4.98 Å². The van der Waals surface area contributed by atoms with Gasteiger partial charge in [0.25, 0.3) is 0 Å². The first-order valence-corrected chi connectivity index (χ1v) is 12.7. The summed E-state index contributed by atoms with van der Waals surface area (Å²) in [6.07, 6.45) is -0.0752. The molecule has 0 aliphatic heterocycles. The van der Waals surface area contributed by atoms with Crippen molar-refractivity contribution in [2.24, 2.45) is 0 Å². The van der Waals surface area contributed by atoms with Crippen LogP contribution in [0.5, 0.6) is 0 Å². The largest absolute Gasteiger partial charge is 0.322 e. The second kappa shape index (κ2) is 9.05. The number of hydrogen-bond donors (Lipinski definition) is 1. The van der Waals surface area contributed by atoms with E-state index in [0.29, 0.717) is 26.4 Å². The van der Waals surface area contributed by atoms with E-state index in [9.17, 15) is 22.8 Å². The zero-order valence-corrected chi connectivity index (χ0v) is 19.8. The minimum Gasteiger partial charge on any atom is -0.322 e. The lowest BCUT2D eigenvalue weighted by atomic mass is 10.0. The van der Waals surface area contributed by atoms with E-state index in [4.69, 9.17) is 11.6 Å². The van der Waals surface area contributed by atoms with Gasteiger partial charge >= 0.3 is 0 Å². The Kier molecular flexibility index (Phi) is 6.34. The van der Waals surface area contributed by atoms with Crippen LogP contribution in [0.2, 0.25) is 4.34 Å². The topological polar surface area (TPSA) is 101 Å². The lowest BCUT2D eigenvalue weighted by Gasteiger charge is -2.04. The maximum Gasteiger partial charge on any atom is 0.249 e. The fourth-order valence-electron chi connectivity index (χ4n) is 3.51. The second-order valence-electron chi connectivity index (χ2n) is 7.66. The normalized spacial score (nSPS) is 11.6. The van der Waals surface area contributed by atoms with E-state index < -0.39 is 26.9 Å². The molecule has 2 aromatic carbocycles. The third-order valence-electron chi connectivity index (χ3n) is 5.07. The number of carbonyl (C=O) groups is 1. The molecule has 0 unspecified atom stereocenters. The van der Waals surface area contributed by atoms with Crippen LogP contribution in [0.1, 0.15) is 11.1 Å². The Morgan fingerprint density at radius 3 is 2.39 bits per heavy atom. The average Bonchev–Trinajstić information content (AvgIpc) is 3.14. The van der Waals surface area contributed by atoms with Crippen LogP contribution < -0.4 is 11.0 Å². The molecule has 0 amide bonds. The van der Waals surface area contributed by atoms with Crippen LogP contribution in [0.4, 0.5) is 0 Å². The molecule has 0 aliphatic rings. The molecule has 0 aliphatic carbocycles. The van der Waals surface area contributed by atoms with E-state index in [1.165, 1.54) is 18.2 Å². The number of benzene rings is 2. The summed E-state index contributed by atoms with van der Waals surface area (Å²) in [5.41, 5.74) is 2.07. The summed E-state index contributed by atoms with van der Waals surface area (Å²) in [6.45, 7) is 1.87. The predicted molar refractivity (Wildman–Crippen MR) is 131 cm³/mol. The number of sulfone groups is 1. The van der Waals surface area contributed by atoms with Gasteiger partial charge in [-0.2, -0.15) is 0 Å². The van der Waals surface area contributed by atoms with Crippen molar-refractivity contribution in [2.75, 3.05) is 5.75 Å². The standard InChI is InChI=1S/C24H18ClNO5S2/c1-14-2-7-18-20(10-14)26-22(28)12-19(24(18)29)16-5-3-15(4-6-16)11-17(27)13-33(30,31)23-9-8-21(25)32-23/h2-10,12H,11,13H2,1H3,(H,26,28). The molecule has 9 heteroatoms. The first-order valence-electron chi connectivity index (χ1n) is 9.89. The molecule has 6 nitrogen and oxygen atoms in total. The molecule has 0 spiro atoms. The van der Waals surface area contributed by atoms with Crippen LogP contribution in [0.15, 0.2) is 74.5 Å². The molecule has 2 heterocycles. The van der Waals surface area contributed by atoms with Crippen molar-refractivity contribution in [3.63, 3.8) is 0 Å². The van der Waals surface area contributed by atoms with Gasteiger partial charge in [0.05, 0.1) is 9.85 Å². The number of rotatable bonds is 6. The zero-order valence-electron chi connectivity index (χ0n) is 17.4. The van der Waals surface area contributed by atoms with Crippen molar-refractivity contribution in [3.8, 4) is 11.1 Å². The zero-order chi connectivity index (χ0) is 23.8. The van der Waals surface area contributed by atoms with Crippen LogP contribution in [-0.2, 0) is 21.1 Å². The number of hydrogen-bond acceptors (Lipinski definition) is 6. The highest BCUT2D eigenvalue weighted by atomic mass is 35.5. The predicted octanol–water partition coefficient (Wildman–Crippen LogP) is 4.16. The van der Waals surface area contributed by atoms with Gasteiger partial charge in [0.15, 0.2) is 21.0 Å². The molecule has 0 bridgehead atoms. The van der Waals surface area contributed by atoms with Gasteiger partial charge in [-0.05, 0) is 47.9 Å². The van der Waals surface area contributed by atoms with Crippen LogP contribution in [0.3, 0.4) is 0 Å². The van der Waals surface area contributed by atoms with Crippen LogP contribution in [0.25, 0.3) is 22.0 Å². The summed E-state index contributed by atoms with van der Waals surface area (Å²) in [7, 11) is -3.75. The Hall–Kier alpha value is -3.07. The van der Waals surface area contributed by atoms with E-state index >= 15 is 0 Å². The third kappa shape index (κ3) is 5.13. The number of fused-ring (bicyclic) bond motifs is 1. The Morgan fingerprint density at radius 2 is 1.73 bits per heavy atom. The lowest BCUT2D eigenvalue weighted by Crippen LogP contribution is -2.17. The Bertz CT molecular complexity index is 1600. The summed E-state index contributed by atoms with van der Waals surface area (Å²) in [5, 5.41) is 0.399. The number of aromatic nitrogens is 1. The molecule has 0 radical (unpaired) electrons. The van der Waals surface area contributed by atoms with E-state index in [-0.39, 0.29) is 21.6 Å². The quantitative estimate of drug-likeness (QED) is 0.429. The van der Waals surface area contributed by atoms with E-state index in [0.717, 1.165) is 16.9 Å². The van der Waals surface area contributed by atoms with Gasteiger partial charge in [-0.25, -0.2) is 8.42 Å². The first-order chi connectivity index (χ1) is 15.6. The molecule has 1 N–H and O–H groups in total. The summed E-state index contributed by atoms with van der Waals surface area (Å²) in [6, 6.07) is 15.9. The van der Waals surface area contributed by atoms with E-state index in [2.05, 4.69) is 4.98 Å². The molecular weight excluding hydrogens is 482 g/mol. The van der Waals surface area contributed by atoms with Crippen LogP contribution >= 0.6 is 22.9 Å². The molecule has 2 aromatic heterocycles. The molecule has 4 aromatic rings. The summed E-state index contributed by atoms with van der Waals surface area (Å²) >= 11 is 6.70. The highest BCUT2D eigenvalue weighted by Gasteiger charge is 2.21. The molecule has 168 valence electrons. The SMILES string of the molecule is Cc1ccc2c(=O)c(-c3ccc(CC(=O)CS(=O)(=O)c4ccc(Cl)s4)cc3)cc(=O)[nH]c2c1. The third-order valence-corrected chi connectivity index (χ3v) is 8.56. The van der Waals surface area contributed by atoms with Crippen molar-refractivity contribution in [1.29, 1.82) is 0 Å². The van der Waals surface area contributed by atoms with Gasteiger partial charge in [-0.1, -0.05) is 41.9 Å². The molecule has 4 rings (SSSR count). The Morgan fingerprint density at radius 1 is 1.00 bits per heavy atom. The maximum absolute atomic E-state index is 13.1. The number of thiophene rings is 1. The fourth-order valence-corrected chi connectivity index (χ4v) is 6.32. The van der Waals surface area contributed by atoms with Crippen LogP contribution in [-0.4, -0.2) is 24.9 Å².